The van der Waals surface area contributed by atoms with Gasteiger partial charge in [-0.2, -0.15) is 4.39 Å². The number of allylic oxidation sites excluding steroid dienone is 2. The molecule has 0 saturated heterocycles. The van der Waals surface area contributed by atoms with E-state index in [-0.39, 0.29) is 18.3 Å². The summed E-state index contributed by atoms with van der Waals surface area (Å²) in [7, 11) is 0. The van der Waals surface area contributed by atoms with Gasteiger partial charge in [0.15, 0.2) is 11.6 Å². The molecule has 0 radical (unpaired) electrons. The highest BCUT2D eigenvalue weighted by Crippen LogP contribution is 2.45. The molecule has 2 fully saturated rings. The van der Waals surface area contributed by atoms with Crippen LogP contribution in [0.4, 0.5) is 13.2 Å². The van der Waals surface area contributed by atoms with E-state index >= 15 is 0 Å². The van der Waals surface area contributed by atoms with Crippen LogP contribution >= 0.6 is 0 Å². The Labute approximate surface area is 180 Å². The molecular weight excluding hydrogens is 385 g/mol. The Morgan fingerprint density at radius 3 is 2.20 bits per heavy atom. The Balaban J connectivity index is 1.43. The Bertz CT molecular complexity index is 671. The van der Waals surface area contributed by atoms with Gasteiger partial charge < -0.3 is 4.74 Å². The number of halogens is 3. The molecule has 0 bridgehead atoms. The molecule has 3 rings (SSSR count). The first-order valence-electron chi connectivity index (χ1n) is 12.0. The van der Waals surface area contributed by atoms with Crippen LogP contribution in [0.1, 0.15) is 89.0 Å². The van der Waals surface area contributed by atoms with E-state index in [0.29, 0.717) is 12.2 Å². The van der Waals surface area contributed by atoms with Gasteiger partial charge in [-0.3, -0.25) is 0 Å². The van der Waals surface area contributed by atoms with Crippen molar-refractivity contribution in [3.05, 3.63) is 41.5 Å². The quantitative estimate of drug-likeness (QED) is 0.288. The van der Waals surface area contributed by atoms with E-state index < -0.39 is 11.6 Å². The van der Waals surface area contributed by atoms with Crippen LogP contribution in [0.15, 0.2) is 24.3 Å². The van der Waals surface area contributed by atoms with E-state index in [1.54, 1.807) is 25.1 Å². The molecule has 168 valence electrons. The van der Waals surface area contributed by atoms with Gasteiger partial charge >= 0.3 is 0 Å². The van der Waals surface area contributed by atoms with Crippen molar-refractivity contribution in [2.75, 3.05) is 13.3 Å². The summed E-state index contributed by atoms with van der Waals surface area (Å²) in [6.07, 6.45) is 16.4. The topological polar surface area (TPSA) is 9.23 Å². The number of benzene rings is 1. The average molecular weight is 423 g/mol. The third kappa shape index (κ3) is 6.04. The highest BCUT2D eigenvalue weighted by Gasteiger charge is 2.32. The molecule has 0 aliphatic heterocycles. The zero-order valence-corrected chi connectivity index (χ0v) is 18.4. The maximum atomic E-state index is 14.6. The molecule has 0 unspecified atom stereocenters. The van der Waals surface area contributed by atoms with Gasteiger partial charge in [0.1, 0.15) is 6.67 Å². The fourth-order valence-electron chi connectivity index (χ4n) is 5.68. The molecule has 2 saturated carbocycles. The minimum Gasteiger partial charge on any atom is -0.491 e. The van der Waals surface area contributed by atoms with Gasteiger partial charge in [-0.25, -0.2) is 8.78 Å². The molecular formula is C26H37F3O. The van der Waals surface area contributed by atoms with Gasteiger partial charge in [0.25, 0.3) is 0 Å². The van der Waals surface area contributed by atoms with Crippen molar-refractivity contribution in [3.8, 4) is 5.75 Å². The first-order chi connectivity index (χ1) is 14.6. The second-order valence-corrected chi connectivity index (χ2v) is 9.16. The lowest BCUT2D eigenvalue weighted by atomic mass is 9.68. The predicted octanol–water partition coefficient (Wildman–Crippen LogP) is 8.14. The number of hydrogen-bond donors (Lipinski definition) is 0. The molecule has 2 aliphatic rings. The van der Waals surface area contributed by atoms with Crippen LogP contribution in [0.25, 0.3) is 0 Å². The smallest absolute Gasteiger partial charge is 0.200 e. The lowest BCUT2D eigenvalue weighted by molar-refractivity contribution is 0.155. The standard InChI is InChI=1S/C26H37F3O/c1-2-30-24-17-16-23(25(28)26(24)29)22-14-12-21(13-15-22)20-10-8-19(9-11-20)7-5-3-4-6-18-27/h4,6,16-17,19-22H,2-3,5,7-15,18H2,1H3. The Kier molecular flexibility index (Phi) is 9.14. The molecule has 0 aromatic heterocycles. The molecule has 1 aromatic carbocycles. The minimum absolute atomic E-state index is 0.0163. The third-order valence-corrected chi connectivity index (χ3v) is 7.39. The van der Waals surface area contributed by atoms with Crippen LogP contribution in [0, 0.1) is 29.4 Å². The highest BCUT2D eigenvalue weighted by molar-refractivity contribution is 5.33. The van der Waals surface area contributed by atoms with Crippen molar-refractivity contribution in [1.29, 1.82) is 0 Å². The summed E-state index contributed by atoms with van der Waals surface area (Å²) in [6, 6.07) is 3.31. The molecule has 0 spiro atoms. The van der Waals surface area contributed by atoms with E-state index in [1.807, 2.05) is 6.08 Å². The first kappa shape index (κ1) is 23.2. The van der Waals surface area contributed by atoms with Crippen molar-refractivity contribution in [3.63, 3.8) is 0 Å². The minimum atomic E-state index is -0.838. The number of rotatable bonds is 9. The maximum absolute atomic E-state index is 14.6. The Morgan fingerprint density at radius 1 is 0.900 bits per heavy atom. The van der Waals surface area contributed by atoms with Crippen molar-refractivity contribution < 1.29 is 17.9 Å². The van der Waals surface area contributed by atoms with Crippen molar-refractivity contribution in [1.82, 2.24) is 0 Å². The van der Waals surface area contributed by atoms with Gasteiger partial charge in [0.05, 0.1) is 6.61 Å². The monoisotopic (exact) mass is 422 g/mol. The van der Waals surface area contributed by atoms with Crippen LogP contribution in [-0.2, 0) is 0 Å². The second kappa shape index (κ2) is 11.8. The van der Waals surface area contributed by atoms with E-state index in [2.05, 4.69) is 0 Å². The Morgan fingerprint density at radius 2 is 1.57 bits per heavy atom. The molecule has 0 heterocycles. The van der Waals surface area contributed by atoms with Crippen LogP contribution in [0.3, 0.4) is 0 Å². The van der Waals surface area contributed by atoms with Crippen LogP contribution < -0.4 is 4.74 Å². The van der Waals surface area contributed by atoms with Gasteiger partial charge in [0, 0.05) is 0 Å². The molecule has 4 heteroatoms. The summed E-state index contributed by atoms with van der Waals surface area (Å²) in [5, 5.41) is 0. The van der Waals surface area contributed by atoms with Crippen molar-refractivity contribution in [2.45, 2.75) is 83.5 Å². The fourth-order valence-corrected chi connectivity index (χ4v) is 5.68. The normalized spacial score (nSPS) is 27.5. The lowest BCUT2D eigenvalue weighted by Gasteiger charge is -2.38. The molecule has 0 atom stereocenters. The molecule has 0 amide bonds. The van der Waals surface area contributed by atoms with Gasteiger partial charge in [0.2, 0.25) is 5.82 Å². The number of ether oxygens (including phenoxy) is 1. The first-order valence-corrected chi connectivity index (χ1v) is 12.0. The van der Waals surface area contributed by atoms with Crippen molar-refractivity contribution >= 4 is 0 Å². The van der Waals surface area contributed by atoms with E-state index in [0.717, 1.165) is 49.9 Å². The van der Waals surface area contributed by atoms with Crippen LogP contribution in [-0.4, -0.2) is 13.3 Å². The second-order valence-electron chi connectivity index (χ2n) is 9.16. The van der Waals surface area contributed by atoms with Crippen molar-refractivity contribution in [2.24, 2.45) is 17.8 Å². The molecule has 2 aliphatic carbocycles. The van der Waals surface area contributed by atoms with Gasteiger partial charge in [-0.15, -0.1) is 0 Å². The van der Waals surface area contributed by atoms with Gasteiger partial charge in [-0.05, 0) is 93.6 Å². The summed E-state index contributed by atoms with van der Waals surface area (Å²) in [4.78, 5) is 0. The SMILES string of the molecule is CCOc1ccc(C2CCC(C3CCC(CCCC=CCF)CC3)CC2)c(F)c1F. The third-order valence-electron chi connectivity index (χ3n) is 7.39. The molecule has 30 heavy (non-hydrogen) atoms. The summed E-state index contributed by atoms with van der Waals surface area (Å²) >= 11 is 0. The zero-order valence-electron chi connectivity index (χ0n) is 18.4. The number of unbranched alkanes of at least 4 members (excludes halogenated alkanes) is 1. The van der Waals surface area contributed by atoms with Crippen LogP contribution in [0.5, 0.6) is 5.75 Å². The van der Waals surface area contributed by atoms with E-state index in [4.69, 9.17) is 4.74 Å². The number of alkyl halides is 1. The van der Waals surface area contributed by atoms with Gasteiger partial charge in [-0.1, -0.05) is 37.5 Å². The predicted molar refractivity (Wildman–Crippen MR) is 117 cm³/mol. The summed E-state index contributed by atoms with van der Waals surface area (Å²) in [6.45, 7) is 1.75. The summed E-state index contributed by atoms with van der Waals surface area (Å²) in [5.74, 6) is 0.960. The fraction of sp³-hybridized carbons (Fsp3) is 0.692. The molecule has 1 nitrogen and oxygen atoms in total. The summed E-state index contributed by atoms with van der Waals surface area (Å²) in [5.41, 5.74) is 0.528. The highest BCUT2D eigenvalue weighted by atomic mass is 19.2. The van der Waals surface area contributed by atoms with Crippen LogP contribution in [0.2, 0.25) is 0 Å². The lowest BCUT2D eigenvalue weighted by Crippen LogP contribution is -2.25. The number of hydrogen-bond acceptors (Lipinski definition) is 1. The molecule has 0 N–H and O–H groups in total. The van der Waals surface area contributed by atoms with E-state index in [9.17, 15) is 13.2 Å². The average Bonchev–Trinajstić information content (AvgIpc) is 2.78. The molecule has 1 aromatic rings. The maximum Gasteiger partial charge on any atom is 0.200 e. The largest absolute Gasteiger partial charge is 0.491 e. The zero-order chi connectivity index (χ0) is 21.3. The van der Waals surface area contributed by atoms with E-state index in [1.165, 1.54) is 38.5 Å². The summed E-state index contributed by atoms with van der Waals surface area (Å²) < 4.78 is 46.0. The Hall–Kier alpha value is -1.45.